The number of anilines is 1. The van der Waals surface area contributed by atoms with E-state index < -0.39 is 35.6 Å². The number of hydrogen-bond donors (Lipinski definition) is 1. The van der Waals surface area contributed by atoms with Crippen molar-refractivity contribution in [2.75, 3.05) is 18.5 Å². The number of benzene rings is 3. The van der Waals surface area contributed by atoms with E-state index in [0.717, 1.165) is 17.2 Å². The highest BCUT2D eigenvalue weighted by Crippen LogP contribution is 2.39. The number of para-hydroxylation sites is 2. The first-order valence-corrected chi connectivity index (χ1v) is 11.6. The quantitative estimate of drug-likeness (QED) is 0.277. The van der Waals surface area contributed by atoms with Gasteiger partial charge in [-0.05, 0) is 68.3 Å². The van der Waals surface area contributed by atoms with Crippen molar-refractivity contribution >= 4 is 22.6 Å². The predicted molar refractivity (Wildman–Crippen MR) is 135 cm³/mol. The van der Waals surface area contributed by atoms with Gasteiger partial charge in [0, 0.05) is 6.07 Å². The fourth-order valence-corrected chi connectivity index (χ4v) is 3.82. The first-order chi connectivity index (χ1) is 18.0. The molecule has 0 atom stereocenters. The van der Waals surface area contributed by atoms with Gasteiger partial charge in [0.25, 0.3) is 11.7 Å². The second-order valence-electron chi connectivity index (χ2n) is 8.44. The molecule has 4 aromatic rings. The van der Waals surface area contributed by atoms with Gasteiger partial charge in [0.1, 0.15) is 22.8 Å². The van der Waals surface area contributed by atoms with E-state index in [2.05, 4.69) is 5.32 Å². The third-order valence-electron chi connectivity index (χ3n) is 5.33. The summed E-state index contributed by atoms with van der Waals surface area (Å²) in [6.45, 7) is 5.28. The molecular formula is C28H24F3NO6. The van der Waals surface area contributed by atoms with Crippen LogP contribution in [0.1, 0.15) is 23.8 Å². The average Bonchev–Trinajstić information content (AvgIpc) is 2.84. The average molecular weight is 527 g/mol. The Kier molecular flexibility index (Phi) is 7.61. The molecule has 0 aliphatic heterocycles. The zero-order chi connectivity index (χ0) is 27.4. The van der Waals surface area contributed by atoms with Crippen molar-refractivity contribution in [2.24, 2.45) is 0 Å². The molecule has 0 bridgehead atoms. The number of halogens is 3. The van der Waals surface area contributed by atoms with Gasteiger partial charge in [-0.2, -0.15) is 13.2 Å². The monoisotopic (exact) mass is 527 g/mol. The van der Waals surface area contributed by atoms with Crippen LogP contribution in [-0.2, 0) is 11.0 Å². The van der Waals surface area contributed by atoms with Crippen molar-refractivity contribution < 1.29 is 36.6 Å². The summed E-state index contributed by atoms with van der Waals surface area (Å²) in [5.41, 5.74) is 0.597. The smallest absolute Gasteiger partial charge is 0.453 e. The summed E-state index contributed by atoms with van der Waals surface area (Å²) >= 11 is 0. The standard InChI is InChI=1S/C28H24F3NO6/c1-4-35-22-8-6-5-7-21(22)32-24(33)15-36-18-9-10-20-23(14-18)38-27(28(29,30)31)26(25(20)34)37-19-12-16(2)11-17(3)13-19/h5-14H,4,15H2,1-3H3,(H,32,33). The molecule has 0 saturated carbocycles. The lowest BCUT2D eigenvalue weighted by atomic mass is 10.1. The molecule has 7 nitrogen and oxygen atoms in total. The Labute approximate surface area is 215 Å². The van der Waals surface area contributed by atoms with Crippen LogP contribution < -0.4 is 25.0 Å². The summed E-state index contributed by atoms with van der Waals surface area (Å²) in [7, 11) is 0. The molecule has 4 rings (SSSR count). The fraction of sp³-hybridized carbons (Fsp3) is 0.214. The van der Waals surface area contributed by atoms with E-state index in [-0.39, 0.29) is 22.5 Å². The summed E-state index contributed by atoms with van der Waals surface area (Å²) in [5, 5.41) is 2.51. The predicted octanol–water partition coefficient (Wildman–Crippen LogP) is 6.64. The van der Waals surface area contributed by atoms with Gasteiger partial charge in [-0.1, -0.05) is 18.2 Å². The zero-order valence-corrected chi connectivity index (χ0v) is 20.8. The van der Waals surface area contributed by atoms with Crippen molar-refractivity contribution in [3.05, 3.63) is 87.8 Å². The number of amides is 1. The van der Waals surface area contributed by atoms with Gasteiger partial charge in [-0.15, -0.1) is 0 Å². The second kappa shape index (κ2) is 10.9. The van der Waals surface area contributed by atoms with Crippen molar-refractivity contribution in [1.82, 2.24) is 0 Å². The Hall–Kier alpha value is -4.47. The number of fused-ring (bicyclic) bond motifs is 1. The van der Waals surface area contributed by atoms with E-state index in [4.69, 9.17) is 18.6 Å². The number of ether oxygens (including phenoxy) is 3. The minimum Gasteiger partial charge on any atom is -0.492 e. The number of hydrogen-bond acceptors (Lipinski definition) is 6. The van der Waals surface area contributed by atoms with Gasteiger partial charge in [-0.25, -0.2) is 0 Å². The van der Waals surface area contributed by atoms with E-state index in [1.807, 2.05) is 13.0 Å². The molecule has 38 heavy (non-hydrogen) atoms. The van der Waals surface area contributed by atoms with Crippen LogP contribution in [0.25, 0.3) is 11.0 Å². The molecule has 1 amide bonds. The van der Waals surface area contributed by atoms with E-state index in [9.17, 15) is 22.8 Å². The summed E-state index contributed by atoms with van der Waals surface area (Å²) in [5.74, 6) is -2.46. The fourth-order valence-electron chi connectivity index (χ4n) is 3.82. The number of carbonyl (C=O) groups is 1. The maximum absolute atomic E-state index is 13.9. The summed E-state index contributed by atoms with van der Waals surface area (Å²) in [6.07, 6.45) is -5.01. The molecular weight excluding hydrogens is 503 g/mol. The van der Waals surface area contributed by atoms with Gasteiger partial charge < -0.3 is 23.9 Å². The number of aryl methyl sites for hydroxylation is 2. The number of rotatable bonds is 8. The SMILES string of the molecule is CCOc1ccccc1NC(=O)COc1ccc2c(=O)c(Oc3cc(C)cc(C)c3)c(C(F)(F)F)oc2c1. The first kappa shape index (κ1) is 26.6. The third-order valence-corrected chi connectivity index (χ3v) is 5.33. The van der Waals surface area contributed by atoms with Gasteiger partial charge in [0.05, 0.1) is 17.7 Å². The van der Waals surface area contributed by atoms with Crippen LogP contribution in [0.2, 0.25) is 0 Å². The van der Waals surface area contributed by atoms with Crippen molar-refractivity contribution in [1.29, 1.82) is 0 Å². The van der Waals surface area contributed by atoms with Crippen LogP contribution in [0.3, 0.4) is 0 Å². The highest BCUT2D eigenvalue weighted by atomic mass is 19.4. The maximum Gasteiger partial charge on any atom is 0.453 e. The third kappa shape index (κ3) is 6.08. The first-order valence-electron chi connectivity index (χ1n) is 11.6. The van der Waals surface area contributed by atoms with E-state index >= 15 is 0 Å². The molecule has 0 aliphatic rings. The molecule has 1 heterocycles. The molecule has 1 N–H and O–H groups in total. The highest BCUT2D eigenvalue weighted by molar-refractivity contribution is 5.93. The van der Waals surface area contributed by atoms with Crippen molar-refractivity contribution in [3.63, 3.8) is 0 Å². The normalized spacial score (nSPS) is 11.3. The molecule has 1 aromatic heterocycles. The molecule has 0 radical (unpaired) electrons. The van der Waals surface area contributed by atoms with Crippen molar-refractivity contribution in [3.8, 4) is 23.0 Å². The van der Waals surface area contributed by atoms with E-state index in [1.165, 1.54) is 24.3 Å². The van der Waals surface area contributed by atoms with Crippen LogP contribution in [0.15, 0.2) is 69.9 Å². The van der Waals surface area contributed by atoms with Crippen LogP contribution in [0, 0.1) is 13.8 Å². The highest BCUT2D eigenvalue weighted by Gasteiger charge is 2.40. The van der Waals surface area contributed by atoms with Gasteiger partial charge in [0.2, 0.25) is 11.2 Å². The van der Waals surface area contributed by atoms with Crippen LogP contribution >= 0.6 is 0 Å². The summed E-state index contributed by atoms with van der Waals surface area (Å²) in [4.78, 5) is 25.4. The number of carbonyl (C=O) groups excluding carboxylic acids is 1. The lowest BCUT2D eigenvalue weighted by Crippen LogP contribution is -2.20. The Morgan fingerprint density at radius 3 is 2.34 bits per heavy atom. The van der Waals surface area contributed by atoms with Gasteiger partial charge in [-0.3, -0.25) is 9.59 Å². The molecule has 0 spiro atoms. The Morgan fingerprint density at radius 1 is 0.947 bits per heavy atom. The molecule has 0 saturated heterocycles. The Morgan fingerprint density at radius 2 is 1.66 bits per heavy atom. The van der Waals surface area contributed by atoms with E-state index in [0.29, 0.717) is 18.0 Å². The van der Waals surface area contributed by atoms with Crippen molar-refractivity contribution in [2.45, 2.75) is 26.9 Å². The zero-order valence-electron chi connectivity index (χ0n) is 20.8. The molecule has 198 valence electrons. The maximum atomic E-state index is 13.9. The topological polar surface area (TPSA) is 87.0 Å². The van der Waals surface area contributed by atoms with Gasteiger partial charge >= 0.3 is 6.18 Å². The Bertz CT molecular complexity index is 1520. The van der Waals surface area contributed by atoms with Crippen LogP contribution in [0.5, 0.6) is 23.0 Å². The molecule has 10 heteroatoms. The minimum absolute atomic E-state index is 0.0324. The number of nitrogens with one attached hydrogen (secondary N) is 1. The molecule has 0 unspecified atom stereocenters. The summed E-state index contributed by atoms with van der Waals surface area (Å²) in [6, 6.07) is 15.4. The molecule has 3 aromatic carbocycles. The molecule has 0 fully saturated rings. The largest absolute Gasteiger partial charge is 0.492 e. The second-order valence-corrected chi connectivity index (χ2v) is 8.44. The lowest BCUT2D eigenvalue weighted by molar-refractivity contribution is -0.154. The van der Waals surface area contributed by atoms with Gasteiger partial charge in [0.15, 0.2) is 6.61 Å². The number of alkyl halides is 3. The Balaban J connectivity index is 1.60. The van der Waals surface area contributed by atoms with E-state index in [1.54, 1.807) is 38.1 Å². The van der Waals surface area contributed by atoms with Crippen LogP contribution in [0.4, 0.5) is 18.9 Å². The summed E-state index contributed by atoms with van der Waals surface area (Å²) < 4.78 is 63.0. The molecule has 0 aliphatic carbocycles. The van der Waals surface area contributed by atoms with Crippen LogP contribution in [-0.4, -0.2) is 19.1 Å². The minimum atomic E-state index is -5.01. The lowest BCUT2D eigenvalue weighted by Gasteiger charge is -2.14.